The molecule has 0 radical (unpaired) electrons. The second-order valence-corrected chi connectivity index (χ2v) is 3.60. The predicted molar refractivity (Wildman–Crippen MR) is 51.5 cm³/mol. The largest absolute Gasteiger partial charge is 0.293 e. The van der Waals surface area contributed by atoms with Gasteiger partial charge in [-0.3, -0.25) is 4.79 Å². The van der Waals surface area contributed by atoms with Crippen LogP contribution in [-0.2, 0) is 4.79 Å². The average molecular weight is 193 g/mol. The Morgan fingerprint density at radius 2 is 2.07 bits per heavy atom. The molecule has 0 bridgehead atoms. The third-order valence-electron chi connectivity index (χ3n) is 2.38. The molecule has 0 N–H and O–H groups in total. The van der Waals surface area contributed by atoms with Crippen LogP contribution in [0.25, 0.3) is 0 Å². The van der Waals surface area contributed by atoms with Crippen LogP contribution in [0, 0.1) is 17.2 Å². The van der Waals surface area contributed by atoms with Gasteiger partial charge in [0.25, 0.3) is 0 Å². The molecule has 4 heteroatoms. The standard InChI is InChI=1S/C10H15N3O/c1-3-5-8(7-11)9(14)10(6-4-2)12-13-10/h8H,3-6H2,1-2H3. The van der Waals surface area contributed by atoms with Crippen molar-refractivity contribution in [2.45, 2.75) is 45.2 Å². The summed E-state index contributed by atoms with van der Waals surface area (Å²) in [5.41, 5.74) is -0.829. The van der Waals surface area contributed by atoms with Crippen molar-refractivity contribution in [1.82, 2.24) is 0 Å². The number of carbonyl (C=O) groups is 1. The van der Waals surface area contributed by atoms with Gasteiger partial charge in [-0.15, -0.1) is 0 Å². The Morgan fingerprint density at radius 1 is 1.43 bits per heavy atom. The van der Waals surface area contributed by atoms with Crippen molar-refractivity contribution in [3.05, 3.63) is 0 Å². The molecule has 1 aliphatic heterocycles. The van der Waals surface area contributed by atoms with E-state index >= 15 is 0 Å². The zero-order valence-electron chi connectivity index (χ0n) is 8.66. The summed E-state index contributed by atoms with van der Waals surface area (Å²) >= 11 is 0. The summed E-state index contributed by atoms with van der Waals surface area (Å²) in [6.07, 6.45) is 2.97. The number of nitriles is 1. The minimum atomic E-state index is -0.829. The fraction of sp³-hybridized carbons (Fsp3) is 0.800. The molecule has 0 aromatic carbocycles. The fourth-order valence-electron chi connectivity index (χ4n) is 1.55. The summed E-state index contributed by atoms with van der Waals surface area (Å²) in [7, 11) is 0. The van der Waals surface area contributed by atoms with Crippen molar-refractivity contribution in [1.29, 1.82) is 5.26 Å². The van der Waals surface area contributed by atoms with E-state index in [2.05, 4.69) is 10.2 Å². The lowest BCUT2D eigenvalue weighted by molar-refractivity contribution is -0.124. The number of ketones is 1. The maximum absolute atomic E-state index is 11.8. The number of hydrogen-bond acceptors (Lipinski definition) is 4. The Morgan fingerprint density at radius 3 is 2.43 bits per heavy atom. The van der Waals surface area contributed by atoms with E-state index in [0.717, 1.165) is 12.8 Å². The molecule has 0 spiro atoms. The van der Waals surface area contributed by atoms with Crippen LogP contribution in [0.5, 0.6) is 0 Å². The van der Waals surface area contributed by atoms with Gasteiger partial charge in [0.1, 0.15) is 5.92 Å². The number of hydrogen-bond donors (Lipinski definition) is 0. The summed E-state index contributed by atoms with van der Waals surface area (Å²) in [6, 6.07) is 2.04. The van der Waals surface area contributed by atoms with Crippen molar-refractivity contribution in [2.75, 3.05) is 0 Å². The molecule has 0 saturated heterocycles. The first-order valence-corrected chi connectivity index (χ1v) is 5.08. The van der Waals surface area contributed by atoms with Crippen LogP contribution in [-0.4, -0.2) is 11.4 Å². The van der Waals surface area contributed by atoms with Crippen LogP contribution >= 0.6 is 0 Å². The van der Waals surface area contributed by atoms with Crippen LogP contribution in [0.4, 0.5) is 0 Å². The molecule has 1 rings (SSSR count). The fourth-order valence-corrected chi connectivity index (χ4v) is 1.55. The first kappa shape index (κ1) is 10.8. The van der Waals surface area contributed by atoms with E-state index in [-0.39, 0.29) is 5.78 Å². The molecular formula is C10H15N3O. The second-order valence-electron chi connectivity index (χ2n) is 3.60. The maximum atomic E-state index is 11.8. The van der Waals surface area contributed by atoms with E-state index in [1.807, 2.05) is 19.9 Å². The molecule has 1 aliphatic rings. The van der Waals surface area contributed by atoms with E-state index in [1.54, 1.807) is 0 Å². The van der Waals surface area contributed by atoms with E-state index in [9.17, 15) is 4.79 Å². The molecule has 76 valence electrons. The van der Waals surface area contributed by atoms with Gasteiger partial charge in [-0.1, -0.05) is 26.7 Å². The van der Waals surface area contributed by atoms with Gasteiger partial charge in [-0.2, -0.15) is 15.5 Å². The molecule has 14 heavy (non-hydrogen) atoms. The molecule has 1 heterocycles. The Hall–Kier alpha value is -1.24. The van der Waals surface area contributed by atoms with Gasteiger partial charge in [0.15, 0.2) is 0 Å². The minimum absolute atomic E-state index is 0.108. The van der Waals surface area contributed by atoms with Crippen LogP contribution in [0.1, 0.15) is 39.5 Å². The highest BCUT2D eigenvalue weighted by molar-refractivity contribution is 5.93. The van der Waals surface area contributed by atoms with Crippen LogP contribution in [0.2, 0.25) is 0 Å². The van der Waals surface area contributed by atoms with Crippen LogP contribution < -0.4 is 0 Å². The van der Waals surface area contributed by atoms with Crippen molar-refractivity contribution in [3.63, 3.8) is 0 Å². The summed E-state index contributed by atoms with van der Waals surface area (Å²) in [4.78, 5) is 11.8. The molecule has 1 unspecified atom stereocenters. The molecule has 0 fully saturated rings. The topological polar surface area (TPSA) is 65.6 Å². The quantitative estimate of drug-likeness (QED) is 0.650. The van der Waals surface area contributed by atoms with Gasteiger partial charge in [-0.05, 0) is 6.42 Å². The first-order valence-electron chi connectivity index (χ1n) is 5.08. The van der Waals surface area contributed by atoms with Crippen molar-refractivity contribution in [3.8, 4) is 6.07 Å². The van der Waals surface area contributed by atoms with Crippen LogP contribution in [0.15, 0.2) is 10.2 Å². The Labute approximate surface area is 84.0 Å². The molecule has 0 amide bonds. The molecule has 0 saturated carbocycles. The van der Waals surface area contributed by atoms with Gasteiger partial charge in [0.2, 0.25) is 11.4 Å². The smallest absolute Gasteiger partial charge is 0.249 e. The summed E-state index contributed by atoms with van der Waals surface area (Å²) in [5, 5.41) is 16.4. The Bertz CT molecular complexity index is 284. The zero-order chi connectivity index (χ0) is 10.6. The van der Waals surface area contributed by atoms with E-state index in [4.69, 9.17) is 5.26 Å². The Balaban J connectivity index is 2.60. The summed E-state index contributed by atoms with van der Waals surface area (Å²) < 4.78 is 0. The molecule has 0 aromatic heterocycles. The SMILES string of the molecule is CCCC(C#N)C(=O)C1(CCC)N=N1. The van der Waals surface area contributed by atoms with Crippen molar-refractivity contribution >= 4 is 5.78 Å². The highest BCUT2D eigenvalue weighted by atomic mass is 16.1. The lowest BCUT2D eigenvalue weighted by Gasteiger charge is -2.11. The number of carbonyl (C=O) groups excluding carboxylic acids is 1. The average Bonchev–Trinajstić information content (AvgIpc) is 2.95. The maximum Gasteiger partial charge on any atom is 0.249 e. The third-order valence-corrected chi connectivity index (χ3v) is 2.38. The third kappa shape index (κ3) is 1.98. The predicted octanol–water partition coefficient (Wildman–Crippen LogP) is 2.46. The molecular weight excluding hydrogens is 178 g/mol. The minimum Gasteiger partial charge on any atom is -0.293 e. The normalized spacial score (nSPS) is 18.6. The lowest BCUT2D eigenvalue weighted by atomic mass is 9.90. The molecule has 4 nitrogen and oxygen atoms in total. The van der Waals surface area contributed by atoms with Gasteiger partial charge < -0.3 is 0 Å². The van der Waals surface area contributed by atoms with E-state index in [1.165, 1.54) is 0 Å². The van der Waals surface area contributed by atoms with Crippen LogP contribution in [0.3, 0.4) is 0 Å². The van der Waals surface area contributed by atoms with Crippen molar-refractivity contribution < 1.29 is 4.79 Å². The lowest BCUT2D eigenvalue weighted by Crippen LogP contribution is -2.30. The van der Waals surface area contributed by atoms with E-state index in [0.29, 0.717) is 12.8 Å². The van der Waals surface area contributed by atoms with E-state index < -0.39 is 11.6 Å². The summed E-state index contributed by atoms with van der Waals surface area (Å²) in [5.74, 6) is -0.634. The molecule has 0 aromatic rings. The van der Waals surface area contributed by atoms with Crippen molar-refractivity contribution in [2.24, 2.45) is 16.1 Å². The van der Waals surface area contributed by atoms with Gasteiger partial charge in [0.05, 0.1) is 6.07 Å². The number of rotatable bonds is 6. The number of nitrogens with zero attached hydrogens (tertiary/aromatic N) is 3. The first-order chi connectivity index (χ1) is 6.70. The van der Waals surface area contributed by atoms with Gasteiger partial charge in [0, 0.05) is 6.42 Å². The Kier molecular flexibility index (Phi) is 3.34. The zero-order valence-corrected chi connectivity index (χ0v) is 8.66. The monoisotopic (exact) mass is 193 g/mol. The van der Waals surface area contributed by atoms with Gasteiger partial charge >= 0.3 is 0 Å². The van der Waals surface area contributed by atoms with Gasteiger partial charge in [-0.25, -0.2) is 0 Å². The molecule has 1 atom stereocenters. The highest BCUT2D eigenvalue weighted by Gasteiger charge is 2.49. The molecule has 0 aliphatic carbocycles. The highest BCUT2D eigenvalue weighted by Crippen LogP contribution is 2.37. The summed E-state index contributed by atoms with van der Waals surface area (Å²) in [6.45, 7) is 3.95. The second kappa shape index (κ2) is 4.32. The number of Topliss-reactive ketones (excluding diaryl/α,β-unsaturated/α-hetero) is 1.